The van der Waals surface area contributed by atoms with Crippen LogP contribution >= 0.6 is 24.8 Å². The first-order valence-corrected chi connectivity index (χ1v) is 5.01. The molecule has 1 amide bonds. The Morgan fingerprint density at radius 3 is 2.71 bits per heavy atom. The number of nitrogens with zero attached hydrogens (tertiary/aromatic N) is 2. The van der Waals surface area contributed by atoms with Gasteiger partial charge in [-0.05, 0) is 18.7 Å². The molecule has 4 nitrogen and oxygen atoms in total. The molecule has 0 saturated carbocycles. The maximum atomic E-state index is 11.6. The van der Waals surface area contributed by atoms with Crippen LogP contribution in [-0.2, 0) is 11.3 Å². The minimum absolute atomic E-state index is 0. The SMILES string of the molecule is CNCCC(=O)N(C)Cc1cccnc1.Cl.Cl. The number of hydrogen-bond acceptors (Lipinski definition) is 3. The van der Waals surface area contributed by atoms with Crippen LogP contribution in [0.1, 0.15) is 12.0 Å². The molecular formula is C11H19Cl2N3O. The molecule has 1 heterocycles. The molecule has 1 rings (SSSR count). The summed E-state index contributed by atoms with van der Waals surface area (Å²) < 4.78 is 0. The lowest BCUT2D eigenvalue weighted by molar-refractivity contribution is -0.130. The third-order valence-corrected chi connectivity index (χ3v) is 2.16. The molecule has 0 aliphatic rings. The molecule has 0 saturated heterocycles. The van der Waals surface area contributed by atoms with Crippen molar-refractivity contribution < 1.29 is 4.79 Å². The molecule has 0 radical (unpaired) electrons. The number of carbonyl (C=O) groups excluding carboxylic acids is 1. The number of aromatic nitrogens is 1. The van der Waals surface area contributed by atoms with Gasteiger partial charge in [0.15, 0.2) is 0 Å². The lowest BCUT2D eigenvalue weighted by Gasteiger charge is -2.16. The fourth-order valence-electron chi connectivity index (χ4n) is 1.28. The summed E-state index contributed by atoms with van der Waals surface area (Å²) in [5.74, 6) is 0.146. The van der Waals surface area contributed by atoms with Crippen LogP contribution in [0.2, 0.25) is 0 Å². The van der Waals surface area contributed by atoms with Crippen molar-refractivity contribution in [3.8, 4) is 0 Å². The molecular weight excluding hydrogens is 261 g/mol. The van der Waals surface area contributed by atoms with Gasteiger partial charge in [0.25, 0.3) is 0 Å². The number of carbonyl (C=O) groups is 1. The summed E-state index contributed by atoms with van der Waals surface area (Å²) in [6.07, 6.45) is 4.04. The third-order valence-electron chi connectivity index (χ3n) is 2.16. The lowest BCUT2D eigenvalue weighted by atomic mass is 10.2. The van der Waals surface area contributed by atoms with Gasteiger partial charge >= 0.3 is 0 Å². The van der Waals surface area contributed by atoms with Crippen LogP contribution in [0.5, 0.6) is 0 Å². The summed E-state index contributed by atoms with van der Waals surface area (Å²) in [6, 6.07) is 3.84. The maximum Gasteiger partial charge on any atom is 0.223 e. The fraction of sp³-hybridized carbons (Fsp3) is 0.455. The first-order valence-electron chi connectivity index (χ1n) is 5.01. The summed E-state index contributed by atoms with van der Waals surface area (Å²) in [7, 11) is 3.65. The average Bonchev–Trinajstić information content (AvgIpc) is 2.27. The highest BCUT2D eigenvalue weighted by Gasteiger charge is 2.07. The number of amides is 1. The molecule has 0 unspecified atom stereocenters. The minimum Gasteiger partial charge on any atom is -0.341 e. The van der Waals surface area contributed by atoms with Crippen LogP contribution in [-0.4, -0.2) is 36.4 Å². The Labute approximate surface area is 115 Å². The normalized spacial score (nSPS) is 8.82. The highest BCUT2D eigenvalue weighted by atomic mass is 35.5. The molecule has 0 aliphatic heterocycles. The van der Waals surface area contributed by atoms with Crippen LogP contribution in [0, 0.1) is 0 Å². The number of pyridine rings is 1. The zero-order valence-corrected chi connectivity index (χ0v) is 11.7. The van der Waals surface area contributed by atoms with Crippen molar-refractivity contribution in [1.82, 2.24) is 15.2 Å². The predicted molar refractivity (Wildman–Crippen MR) is 73.8 cm³/mol. The van der Waals surface area contributed by atoms with Crippen molar-refractivity contribution in [1.29, 1.82) is 0 Å². The molecule has 0 aliphatic carbocycles. The summed E-state index contributed by atoms with van der Waals surface area (Å²) in [6.45, 7) is 1.34. The zero-order valence-electron chi connectivity index (χ0n) is 10.0. The molecule has 17 heavy (non-hydrogen) atoms. The lowest BCUT2D eigenvalue weighted by Crippen LogP contribution is -2.28. The van der Waals surface area contributed by atoms with Crippen LogP contribution in [0.4, 0.5) is 0 Å². The van der Waals surface area contributed by atoms with Gasteiger partial charge in [-0.1, -0.05) is 6.07 Å². The van der Waals surface area contributed by atoms with Crippen molar-refractivity contribution in [2.75, 3.05) is 20.6 Å². The minimum atomic E-state index is 0. The molecule has 0 atom stereocenters. The number of rotatable bonds is 5. The highest BCUT2D eigenvalue weighted by molar-refractivity contribution is 5.85. The van der Waals surface area contributed by atoms with E-state index in [1.165, 1.54) is 0 Å². The van der Waals surface area contributed by atoms with E-state index in [0.29, 0.717) is 13.0 Å². The molecule has 1 aromatic heterocycles. The molecule has 0 fully saturated rings. The van der Waals surface area contributed by atoms with E-state index in [0.717, 1.165) is 12.1 Å². The number of nitrogens with one attached hydrogen (secondary N) is 1. The summed E-state index contributed by atoms with van der Waals surface area (Å²) in [4.78, 5) is 17.3. The summed E-state index contributed by atoms with van der Waals surface area (Å²) in [5, 5.41) is 2.96. The second kappa shape index (κ2) is 10.3. The van der Waals surface area contributed by atoms with Crippen molar-refractivity contribution in [3.05, 3.63) is 30.1 Å². The summed E-state index contributed by atoms with van der Waals surface area (Å²) >= 11 is 0. The Kier molecular flexibility index (Phi) is 11.2. The predicted octanol–water partition coefficient (Wildman–Crippen LogP) is 1.49. The average molecular weight is 280 g/mol. The van der Waals surface area contributed by atoms with Crippen LogP contribution in [0.3, 0.4) is 0 Å². The molecule has 0 bridgehead atoms. The fourth-order valence-corrected chi connectivity index (χ4v) is 1.28. The van der Waals surface area contributed by atoms with Gasteiger partial charge in [-0.2, -0.15) is 0 Å². The van der Waals surface area contributed by atoms with E-state index < -0.39 is 0 Å². The van der Waals surface area contributed by atoms with E-state index in [-0.39, 0.29) is 30.7 Å². The van der Waals surface area contributed by atoms with Gasteiger partial charge in [-0.3, -0.25) is 9.78 Å². The number of halogens is 2. The van der Waals surface area contributed by atoms with Gasteiger partial charge in [0.1, 0.15) is 0 Å². The molecule has 1 aromatic rings. The topological polar surface area (TPSA) is 45.2 Å². The Morgan fingerprint density at radius 1 is 1.47 bits per heavy atom. The molecule has 1 N–H and O–H groups in total. The maximum absolute atomic E-state index is 11.6. The summed E-state index contributed by atoms with van der Waals surface area (Å²) in [5.41, 5.74) is 1.05. The Morgan fingerprint density at radius 2 is 2.18 bits per heavy atom. The van der Waals surface area contributed by atoms with Crippen molar-refractivity contribution in [2.45, 2.75) is 13.0 Å². The Bertz CT molecular complexity index is 309. The van der Waals surface area contributed by atoms with Crippen LogP contribution in [0.25, 0.3) is 0 Å². The monoisotopic (exact) mass is 279 g/mol. The first-order chi connectivity index (χ1) is 7.24. The molecule has 98 valence electrons. The third kappa shape index (κ3) is 7.15. The second-order valence-electron chi connectivity index (χ2n) is 3.46. The van der Waals surface area contributed by atoms with E-state index in [1.807, 2.05) is 26.2 Å². The van der Waals surface area contributed by atoms with Gasteiger partial charge in [-0.15, -0.1) is 24.8 Å². The Hall–Kier alpha value is -0.840. The van der Waals surface area contributed by atoms with Gasteiger partial charge in [0.2, 0.25) is 5.91 Å². The van der Waals surface area contributed by atoms with Gasteiger partial charge in [0, 0.05) is 39.0 Å². The van der Waals surface area contributed by atoms with E-state index >= 15 is 0 Å². The van der Waals surface area contributed by atoms with E-state index in [4.69, 9.17) is 0 Å². The Balaban J connectivity index is 0. The van der Waals surface area contributed by atoms with Gasteiger partial charge < -0.3 is 10.2 Å². The standard InChI is InChI=1S/C11H17N3O.2ClH/c1-12-7-5-11(15)14(2)9-10-4-3-6-13-8-10;;/h3-4,6,8,12H,5,7,9H2,1-2H3;2*1H. The van der Waals surface area contributed by atoms with Crippen LogP contribution < -0.4 is 5.32 Å². The molecule has 6 heteroatoms. The zero-order chi connectivity index (χ0) is 11.1. The van der Waals surface area contributed by atoms with E-state index in [1.54, 1.807) is 17.3 Å². The smallest absolute Gasteiger partial charge is 0.223 e. The van der Waals surface area contributed by atoms with Crippen molar-refractivity contribution in [2.24, 2.45) is 0 Å². The van der Waals surface area contributed by atoms with Gasteiger partial charge in [-0.25, -0.2) is 0 Å². The molecule has 0 aromatic carbocycles. The van der Waals surface area contributed by atoms with Crippen LogP contribution in [0.15, 0.2) is 24.5 Å². The second-order valence-corrected chi connectivity index (χ2v) is 3.46. The van der Waals surface area contributed by atoms with E-state index in [2.05, 4.69) is 10.3 Å². The van der Waals surface area contributed by atoms with Gasteiger partial charge in [0.05, 0.1) is 0 Å². The van der Waals surface area contributed by atoms with E-state index in [9.17, 15) is 4.79 Å². The largest absolute Gasteiger partial charge is 0.341 e. The quantitative estimate of drug-likeness (QED) is 0.889. The number of hydrogen-bond donors (Lipinski definition) is 1. The molecule has 0 spiro atoms. The van der Waals surface area contributed by atoms with Crippen molar-refractivity contribution in [3.63, 3.8) is 0 Å². The van der Waals surface area contributed by atoms with Crippen molar-refractivity contribution >= 4 is 30.7 Å². The first kappa shape index (κ1) is 18.5. The highest BCUT2D eigenvalue weighted by Crippen LogP contribution is 2.01.